The number of thioether (sulfide) groups is 1. The van der Waals surface area contributed by atoms with E-state index in [0.717, 1.165) is 64.3 Å². The average Bonchev–Trinajstić information content (AvgIpc) is 4.07. The molecule has 0 saturated heterocycles. The minimum Gasteiger partial charge on any atom is -0.598 e. The lowest BCUT2D eigenvalue weighted by Crippen LogP contribution is -2.38. The molecule has 0 aliphatic heterocycles. The van der Waals surface area contributed by atoms with Crippen LogP contribution in [0.15, 0.2) is 65.8 Å². The topological polar surface area (TPSA) is 118 Å². The summed E-state index contributed by atoms with van der Waals surface area (Å²) in [5, 5.41) is 19.4. The van der Waals surface area contributed by atoms with Gasteiger partial charge in [-0.2, -0.15) is 0 Å². The van der Waals surface area contributed by atoms with E-state index in [2.05, 4.69) is 23.2 Å². The van der Waals surface area contributed by atoms with Crippen molar-refractivity contribution in [3.05, 3.63) is 77.1 Å². The monoisotopic (exact) mass is 743 g/mol. The highest BCUT2D eigenvalue weighted by molar-refractivity contribution is 7.99. The van der Waals surface area contributed by atoms with Crippen molar-refractivity contribution in [1.29, 1.82) is 0 Å². The van der Waals surface area contributed by atoms with Crippen molar-refractivity contribution in [3.8, 4) is 16.9 Å². The Hall–Kier alpha value is -2.35. The van der Waals surface area contributed by atoms with Crippen molar-refractivity contribution >= 4 is 40.6 Å². The molecule has 1 heterocycles. The Balaban J connectivity index is 1.14. The number of pyridine rings is 1. The molecule has 3 aromatic rings. The van der Waals surface area contributed by atoms with E-state index in [9.17, 15) is 14.5 Å². The highest BCUT2D eigenvalue weighted by Crippen LogP contribution is 2.53. The van der Waals surface area contributed by atoms with Gasteiger partial charge in [0.25, 0.3) is 0 Å². The molecule has 50 heavy (non-hydrogen) atoms. The molecule has 0 bridgehead atoms. The zero-order valence-corrected chi connectivity index (χ0v) is 31.5. The summed E-state index contributed by atoms with van der Waals surface area (Å²) in [7, 11) is 3.52. The fourth-order valence-electron chi connectivity index (χ4n) is 5.80. The fourth-order valence-corrected chi connectivity index (χ4v) is 7.63. The normalized spacial score (nSPS) is 16.3. The van der Waals surface area contributed by atoms with Gasteiger partial charge in [0, 0.05) is 71.9 Å². The Kier molecular flexibility index (Phi) is 14.7. The van der Waals surface area contributed by atoms with Crippen LogP contribution in [0.5, 0.6) is 5.75 Å². The number of aromatic nitrogens is 1. The van der Waals surface area contributed by atoms with Crippen LogP contribution >= 0.6 is 23.4 Å². The molecular formula is C38H50ClN3O6S2. The number of hydrogen-bond donors (Lipinski definition) is 2. The Morgan fingerprint density at radius 1 is 1.12 bits per heavy atom. The second kappa shape index (κ2) is 18.9. The van der Waals surface area contributed by atoms with Crippen LogP contribution in [0.4, 0.5) is 0 Å². The van der Waals surface area contributed by atoms with Gasteiger partial charge >= 0.3 is 0 Å². The Labute approximate surface area is 309 Å². The van der Waals surface area contributed by atoms with Crippen LogP contribution in [-0.4, -0.2) is 92.4 Å². The summed E-state index contributed by atoms with van der Waals surface area (Å²) < 4.78 is 26.9. The van der Waals surface area contributed by atoms with Gasteiger partial charge in [-0.3, -0.25) is 9.78 Å². The zero-order chi connectivity index (χ0) is 35.5. The van der Waals surface area contributed by atoms with Gasteiger partial charge in [-0.25, -0.2) is 0 Å². The highest BCUT2D eigenvalue weighted by atomic mass is 35.5. The maximum Gasteiger partial charge on any atom is 0.222 e. The van der Waals surface area contributed by atoms with Crippen molar-refractivity contribution in [2.75, 3.05) is 45.3 Å². The lowest BCUT2D eigenvalue weighted by Gasteiger charge is -2.24. The first kappa shape index (κ1) is 38.9. The molecular weight excluding hydrogens is 694 g/mol. The summed E-state index contributed by atoms with van der Waals surface area (Å²) >= 11 is 7.19. The minimum atomic E-state index is -1.15. The molecule has 2 unspecified atom stereocenters. The first-order chi connectivity index (χ1) is 24.2. The maximum absolute atomic E-state index is 13.2. The Bertz CT molecular complexity index is 1540. The predicted octanol–water partition coefficient (Wildman–Crippen LogP) is 6.60. The van der Waals surface area contributed by atoms with Crippen LogP contribution in [0, 0.1) is 0 Å². The summed E-state index contributed by atoms with van der Waals surface area (Å²) in [4.78, 5) is 20.5. The van der Waals surface area contributed by atoms with Crippen LogP contribution in [-0.2, 0) is 33.1 Å². The van der Waals surface area contributed by atoms with E-state index in [0.29, 0.717) is 68.7 Å². The van der Waals surface area contributed by atoms with E-state index in [1.54, 1.807) is 35.1 Å². The van der Waals surface area contributed by atoms with Crippen LogP contribution in [0.1, 0.15) is 68.9 Å². The largest absolute Gasteiger partial charge is 0.598 e. The van der Waals surface area contributed by atoms with Gasteiger partial charge in [0.2, 0.25) is 5.91 Å². The molecule has 5 rings (SSSR count). The summed E-state index contributed by atoms with van der Waals surface area (Å²) in [6.45, 7) is 1.07. The van der Waals surface area contributed by atoms with E-state index in [1.165, 1.54) is 0 Å². The number of amides is 1. The number of aliphatic hydroxyl groups is 2. The molecule has 9 nitrogen and oxygen atoms in total. The quantitative estimate of drug-likeness (QED) is 0.0667. The van der Waals surface area contributed by atoms with Gasteiger partial charge in [0.05, 0.1) is 37.6 Å². The number of benzene rings is 2. The number of aliphatic hydroxyl groups excluding tert-OH is 2. The van der Waals surface area contributed by atoms with Gasteiger partial charge in [-0.15, -0.1) is 16.1 Å². The van der Waals surface area contributed by atoms with E-state index in [-0.39, 0.29) is 12.5 Å². The molecule has 2 aromatic carbocycles. The fraction of sp³-hybridized carbons (Fsp3) is 0.526. The smallest absolute Gasteiger partial charge is 0.222 e. The van der Waals surface area contributed by atoms with Crippen LogP contribution in [0.25, 0.3) is 11.1 Å². The summed E-state index contributed by atoms with van der Waals surface area (Å²) in [5.41, 5.74) is 3.72. The minimum absolute atomic E-state index is 0.0421. The van der Waals surface area contributed by atoms with Gasteiger partial charge in [-0.05, 0) is 98.6 Å². The standard InChI is InChI=1S/C38H50ClN3O6S2/c1-41(2)50(46)23-21-42(20-6-5-8-29(44)26-43)37(45)11-7-22-49-31-14-15-35(39)28(24-31)27-47-38(17-18-38)34-25-40-19-16-32(34)33-9-3-4-10-36(33)48-30-12-13-30/h3-4,9-10,14-16,19,24-25,29-30,43-44H,5-8,11-13,17-18,20-23,26-27H2,1-2H3. The molecule has 272 valence electrons. The molecule has 2 atom stereocenters. The van der Waals surface area contributed by atoms with Crippen molar-refractivity contribution < 1.29 is 29.0 Å². The van der Waals surface area contributed by atoms with Gasteiger partial charge < -0.3 is 29.1 Å². The molecule has 2 aliphatic rings. The first-order valence-electron chi connectivity index (χ1n) is 17.6. The van der Waals surface area contributed by atoms with Crippen molar-refractivity contribution in [1.82, 2.24) is 14.2 Å². The van der Waals surface area contributed by atoms with E-state index in [1.807, 2.05) is 42.7 Å². The van der Waals surface area contributed by atoms with Crippen LogP contribution in [0.3, 0.4) is 0 Å². The third kappa shape index (κ3) is 11.3. The second-order valence-corrected chi connectivity index (χ2v) is 16.6. The van der Waals surface area contributed by atoms with Crippen LogP contribution in [0.2, 0.25) is 5.02 Å². The summed E-state index contributed by atoms with van der Waals surface area (Å²) in [6.07, 6.45) is 10.3. The molecule has 2 aliphatic carbocycles. The number of carbonyl (C=O) groups excluding carboxylic acids is 1. The molecule has 12 heteroatoms. The molecule has 2 N–H and O–H groups in total. The average molecular weight is 744 g/mol. The van der Waals surface area contributed by atoms with Gasteiger partial charge in [0.1, 0.15) is 11.5 Å². The number of unbranched alkanes of at least 4 members (excludes halogenated alkanes) is 1. The molecule has 1 amide bonds. The number of nitrogens with zero attached hydrogens (tertiary/aromatic N) is 3. The Morgan fingerprint density at radius 3 is 2.66 bits per heavy atom. The van der Waals surface area contributed by atoms with Gasteiger partial charge in [0.15, 0.2) is 0 Å². The van der Waals surface area contributed by atoms with Crippen molar-refractivity contribution in [2.45, 2.75) is 87.1 Å². The van der Waals surface area contributed by atoms with Crippen molar-refractivity contribution in [2.24, 2.45) is 0 Å². The number of ether oxygens (including phenoxy) is 2. The lowest BCUT2D eigenvalue weighted by atomic mass is 9.96. The third-order valence-corrected chi connectivity index (χ3v) is 11.9. The summed E-state index contributed by atoms with van der Waals surface area (Å²) in [5.74, 6) is 2.09. The van der Waals surface area contributed by atoms with E-state index in [4.69, 9.17) is 26.2 Å². The zero-order valence-electron chi connectivity index (χ0n) is 29.1. The molecule has 0 spiro atoms. The van der Waals surface area contributed by atoms with Gasteiger partial charge in [-0.1, -0.05) is 29.8 Å². The maximum atomic E-state index is 13.2. The number of carbonyl (C=O) groups is 1. The third-order valence-electron chi connectivity index (χ3n) is 9.06. The lowest BCUT2D eigenvalue weighted by molar-refractivity contribution is -0.131. The van der Waals surface area contributed by atoms with Crippen molar-refractivity contribution in [3.63, 3.8) is 0 Å². The Morgan fingerprint density at radius 2 is 1.92 bits per heavy atom. The number of halogens is 1. The summed E-state index contributed by atoms with van der Waals surface area (Å²) in [6, 6.07) is 16.3. The van der Waals surface area contributed by atoms with E-state index >= 15 is 0 Å². The van der Waals surface area contributed by atoms with E-state index < -0.39 is 23.1 Å². The van der Waals surface area contributed by atoms with Crippen LogP contribution < -0.4 is 4.74 Å². The second-order valence-electron chi connectivity index (χ2n) is 13.3. The highest BCUT2D eigenvalue weighted by Gasteiger charge is 2.47. The number of para-hydroxylation sites is 1. The first-order valence-corrected chi connectivity index (χ1v) is 20.2. The SMILES string of the molecule is CN(C)[S+]([O-])CCN(CCCCC(O)CO)C(=O)CCCSc1ccc(Cl)c(COC2(c3cnccc3-c3ccccc3OC3CC3)CC2)c1. The molecule has 2 fully saturated rings. The molecule has 2 saturated carbocycles. The predicted molar refractivity (Wildman–Crippen MR) is 201 cm³/mol. The molecule has 1 aromatic heterocycles. The molecule has 0 radical (unpaired) electrons. The number of hydrogen-bond acceptors (Lipinski definition) is 9. The number of rotatable bonds is 22.